The second-order valence-corrected chi connectivity index (χ2v) is 35.5. The van der Waals surface area contributed by atoms with Crippen molar-refractivity contribution in [2.24, 2.45) is 0 Å². The highest BCUT2D eigenvalue weighted by molar-refractivity contribution is 6.24. The second-order valence-electron chi connectivity index (χ2n) is 35.5. The lowest BCUT2D eigenvalue weighted by Crippen LogP contribution is -1.93. The molecule has 0 bridgehead atoms. The fourth-order valence-corrected chi connectivity index (χ4v) is 21.7. The molecule has 0 aliphatic heterocycles. The van der Waals surface area contributed by atoms with Crippen molar-refractivity contribution >= 4 is 186 Å². The third kappa shape index (κ3) is 12.3. The molecule has 0 N–H and O–H groups in total. The van der Waals surface area contributed by atoms with E-state index in [0.717, 1.165) is 265 Å². The molecule has 0 fully saturated rings. The van der Waals surface area contributed by atoms with Gasteiger partial charge in [-0.3, -0.25) is 0 Å². The van der Waals surface area contributed by atoms with Crippen molar-refractivity contribution in [3.63, 3.8) is 0 Å². The Morgan fingerprint density at radius 2 is 0.474 bits per heavy atom. The van der Waals surface area contributed by atoms with Crippen LogP contribution in [0.25, 0.3) is 281 Å². The van der Waals surface area contributed by atoms with Crippen LogP contribution in [0.1, 0.15) is 0 Å². The predicted octanol–water partition coefficient (Wildman–Crippen LogP) is 36.3. The number of para-hydroxylation sites is 7. The lowest BCUT2D eigenvalue weighted by atomic mass is 9.91. The summed E-state index contributed by atoms with van der Waals surface area (Å²) >= 11 is 0. The molecule has 9 nitrogen and oxygen atoms in total. The Hall–Kier alpha value is -18.4. The smallest absolute Gasteiger partial charge is 0.161 e. The molecule has 0 spiro atoms. The van der Waals surface area contributed by atoms with E-state index >= 15 is 0 Å². The van der Waals surface area contributed by atoms with Crippen LogP contribution in [0.3, 0.4) is 0 Å². The number of furan rings is 6. The Balaban J connectivity index is 0.000000102. The van der Waals surface area contributed by atoms with Crippen LogP contribution in [0.2, 0.25) is 0 Å². The van der Waals surface area contributed by atoms with E-state index in [-0.39, 0.29) is 0 Å². The van der Waals surface area contributed by atoms with Crippen molar-refractivity contribution in [2.45, 2.75) is 0 Å². The maximum absolute atomic E-state index is 6.71. The maximum Gasteiger partial charge on any atom is 0.161 e. The highest BCUT2D eigenvalue weighted by atomic mass is 16.4. The third-order valence-electron chi connectivity index (χ3n) is 27.8. The zero-order valence-electron chi connectivity index (χ0n) is 73.7. The molecule has 9 heterocycles. The van der Waals surface area contributed by atoms with Gasteiger partial charge < -0.3 is 40.2 Å². The Bertz CT molecular complexity index is 10100. The quantitative estimate of drug-likeness (QED) is 0.135. The molecule has 30 rings (SSSR count). The van der Waals surface area contributed by atoms with E-state index in [4.69, 9.17) is 26.5 Å². The number of benzene rings is 21. The zero-order valence-corrected chi connectivity index (χ0v) is 73.7. The molecule has 137 heavy (non-hydrogen) atoms. The zero-order chi connectivity index (χ0) is 89.9. The van der Waals surface area contributed by atoms with Crippen LogP contribution < -0.4 is 0 Å². The fourth-order valence-electron chi connectivity index (χ4n) is 21.7. The van der Waals surface area contributed by atoms with Gasteiger partial charge in [-0.2, -0.15) is 0 Å². The Morgan fingerprint density at radius 3 is 0.993 bits per heavy atom. The minimum Gasteiger partial charge on any atom is -0.456 e. The number of fused-ring (bicyclic) bond motifs is 27. The SMILES string of the molecule is c1ccc(-c2cccc3c2oc2cccc(-c4ccccc4-c4ccc5c(c4)oc4c6ccccc6n(-c6ccccc6)c54)c23)cc1.c1ccc(-n2c3ccccc3c3oc4cc(-c5ccccc5-c5cccc6oc7c8ccccc8ccc7c56)ccc4c32)cc1.c1ccc(-n2c3ccccc3c3oc4ccc(-c5ccccc5-c5ccc6c(c5)oc5cc7ccccc7cc56)cc4c32)cc1. The summed E-state index contributed by atoms with van der Waals surface area (Å²) in [5.41, 5.74) is 36.8. The van der Waals surface area contributed by atoms with Crippen molar-refractivity contribution < 1.29 is 26.5 Å². The van der Waals surface area contributed by atoms with Crippen molar-refractivity contribution in [3.8, 4) is 95.0 Å². The van der Waals surface area contributed by atoms with Gasteiger partial charge in [-0.25, -0.2) is 0 Å². The molecule has 0 saturated carbocycles. The molecule has 0 aliphatic rings. The van der Waals surface area contributed by atoms with Crippen LogP contribution in [-0.2, 0) is 0 Å². The molecule has 30 aromatic rings. The molecular weight excluding hydrogens is 1680 g/mol. The minimum atomic E-state index is 0.872. The minimum absolute atomic E-state index is 0.872. The summed E-state index contributed by atoms with van der Waals surface area (Å²) in [6, 6.07) is 165. The first-order valence-electron chi connectivity index (χ1n) is 46.5. The van der Waals surface area contributed by atoms with Gasteiger partial charge in [0.25, 0.3) is 0 Å². The molecule has 21 aromatic carbocycles. The van der Waals surface area contributed by atoms with E-state index in [2.05, 4.69) is 475 Å². The highest BCUT2D eigenvalue weighted by Crippen LogP contribution is 2.51. The van der Waals surface area contributed by atoms with Gasteiger partial charge in [0.2, 0.25) is 0 Å². The summed E-state index contributed by atoms with van der Waals surface area (Å²) in [7, 11) is 0. The lowest BCUT2D eigenvalue weighted by molar-refractivity contribution is 0.669. The van der Waals surface area contributed by atoms with E-state index in [0.29, 0.717) is 0 Å². The van der Waals surface area contributed by atoms with Crippen LogP contribution in [0.15, 0.2) is 494 Å². The summed E-state index contributed by atoms with van der Waals surface area (Å²) in [5, 5.41) is 18.1. The lowest BCUT2D eigenvalue weighted by Gasteiger charge is -2.12. The largest absolute Gasteiger partial charge is 0.456 e. The molecule has 0 atom stereocenters. The monoisotopic (exact) mass is 1750 g/mol. The van der Waals surface area contributed by atoms with Gasteiger partial charge in [-0.1, -0.05) is 315 Å². The van der Waals surface area contributed by atoms with Gasteiger partial charge in [0.05, 0.1) is 16.6 Å². The van der Waals surface area contributed by atoms with E-state index in [1.807, 2.05) is 6.07 Å². The van der Waals surface area contributed by atoms with Gasteiger partial charge in [0, 0.05) is 92.6 Å². The average Bonchev–Trinajstić information content (AvgIpc) is 1.55. The van der Waals surface area contributed by atoms with Crippen LogP contribution >= 0.6 is 0 Å². The molecule has 640 valence electrons. The van der Waals surface area contributed by atoms with E-state index < -0.39 is 0 Å². The summed E-state index contributed by atoms with van der Waals surface area (Å²) in [6.07, 6.45) is 0. The summed E-state index contributed by atoms with van der Waals surface area (Å²) in [6.45, 7) is 0. The molecular formula is C128H77N3O6. The summed E-state index contributed by atoms with van der Waals surface area (Å²) in [5.74, 6) is 0. The molecule has 0 saturated heterocycles. The molecule has 9 aromatic heterocycles. The van der Waals surface area contributed by atoms with Crippen LogP contribution in [0.4, 0.5) is 0 Å². The maximum atomic E-state index is 6.71. The number of hydrogen-bond donors (Lipinski definition) is 0. The van der Waals surface area contributed by atoms with Gasteiger partial charge in [0.15, 0.2) is 16.7 Å². The Morgan fingerprint density at radius 1 is 0.139 bits per heavy atom. The number of hydrogen-bond acceptors (Lipinski definition) is 6. The average molecular weight is 1750 g/mol. The molecule has 0 unspecified atom stereocenters. The van der Waals surface area contributed by atoms with Crippen LogP contribution in [0.5, 0.6) is 0 Å². The van der Waals surface area contributed by atoms with Crippen LogP contribution in [-0.4, -0.2) is 13.7 Å². The molecule has 0 aliphatic carbocycles. The van der Waals surface area contributed by atoms with Gasteiger partial charge in [0.1, 0.15) is 66.8 Å². The summed E-state index contributed by atoms with van der Waals surface area (Å²) in [4.78, 5) is 0. The standard InChI is InChI=1S/C44H27NO2.2C42H25NO2/c1-3-13-28(14-4-1)32-20-11-22-37-41-34(21-12-24-39(41)46-43(32)37)33-18-8-7-17-31(33)29-25-26-36-40(27-29)47-44-35-19-9-10-23-38(35)45(42(36)44)30-15-5-2-6-16-30;1-2-12-28(13-3-1)43-36-19-9-8-17-33(36)42-40(43)34-23-22-27(25-38(34)45-42)29-14-6-7-16-31(29)32-18-10-20-37-39(32)35-24-21-26-11-4-5-15-30(26)41(35)44-37;1-2-12-30(13-3-1)43-37-17-9-8-16-34(37)42-41(43)36-23-28(19-21-38(36)45-42)31-14-6-7-15-32(31)29-18-20-33-35-22-26-10-4-5-11-27(26)24-40(35)44-39(33)25-29/h1-27H;2*1-25H. The fraction of sp³-hybridized carbons (Fsp3) is 0. The van der Waals surface area contributed by atoms with Gasteiger partial charge >= 0.3 is 0 Å². The molecule has 0 amide bonds. The van der Waals surface area contributed by atoms with Crippen molar-refractivity contribution in [1.82, 2.24) is 13.7 Å². The summed E-state index contributed by atoms with van der Waals surface area (Å²) < 4.78 is 46.5. The Labute approximate surface area is 783 Å². The van der Waals surface area contributed by atoms with Gasteiger partial charge in [-0.05, 0) is 240 Å². The van der Waals surface area contributed by atoms with Crippen molar-refractivity contribution in [2.75, 3.05) is 0 Å². The van der Waals surface area contributed by atoms with Crippen molar-refractivity contribution in [3.05, 3.63) is 467 Å². The first kappa shape index (κ1) is 77.3. The van der Waals surface area contributed by atoms with Gasteiger partial charge in [-0.15, -0.1) is 0 Å². The topological polar surface area (TPSA) is 93.6 Å². The second kappa shape index (κ2) is 31.1. The molecule has 9 heteroatoms. The van der Waals surface area contributed by atoms with Crippen LogP contribution in [0, 0.1) is 0 Å². The van der Waals surface area contributed by atoms with E-state index in [9.17, 15) is 0 Å². The highest BCUT2D eigenvalue weighted by Gasteiger charge is 2.28. The molecule has 0 radical (unpaired) electrons. The normalized spacial score (nSPS) is 11.9. The predicted molar refractivity (Wildman–Crippen MR) is 567 cm³/mol. The third-order valence-corrected chi connectivity index (χ3v) is 27.8. The van der Waals surface area contributed by atoms with E-state index in [1.54, 1.807) is 0 Å². The number of nitrogens with zero attached hydrogens (tertiary/aromatic N) is 3. The Kier molecular flexibility index (Phi) is 17.6. The first-order chi connectivity index (χ1) is 68.0. The van der Waals surface area contributed by atoms with E-state index in [1.165, 1.54) is 16.2 Å². The number of aromatic nitrogens is 3. The number of rotatable bonds is 10. The van der Waals surface area contributed by atoms with Crippen molar-refractivity contribution in [1.29, 1.82) is 0 Å². The first-order valence-corrected chi connectivity index (χ1v) is 46.5.